The number of nitrogens with zero attached hydrogens (tertiary/aromatic N) is 2. The molecule has 9 rings (SSSR count). The Bertz CT molecular complexity index is 2450. The number of rotatable bonds is 7. The predicted octanol–water partition coefficient (Wildman–Crippen LogP) is 12.6. The summed E-state index contributed by atoms with van der Waals surface area (Å²) in [5.41, 5.74) is 11.8. The van der Waals surface area contributed by atoms with Crippen molar-refractivity contribution in [1.29, 1.82) is 0 Å². The maximum Gasteiger partial charge on any atom is 0.124 e. The summed E-state index contributed by atoms with van der Waals surface area (Å²) in [5.74, 6) is 0.817. The number of pyridine rings is 2. The van der Waals surface area contributed by atoms with Gasteiger partial charge < -0.3 is 14.4 Å². The van der Waals surface area contributed by atoms with E-state index < -0.39 is 8.07 Å². The van der Waals surface area contributed by atoms with Gasteiger partial charge in [-0.05, 0) is 68.7 Å². The van der Waals surface area contributed by atoms with E-state index in [0.717, 1.165) is 56.8 Å². The molecule has 3 aromatic heterocycles. The Hall–Kier alpha value is -4.93. The van der Waals surface area contributed by atoms with Crippen molar-refractivity contribution >= 4 is 35.2 Å². The molecule has 1 saturated carbocycles. The van der Waals surface area contributed by atoms with Crippen molar-refractivity contribution in [2.75, 3.05) is 0 Å². The van der Waals surface area contributed by atoms with E-state index in [2.05, 4.69) is 139 Å². The molecule has 0 N–H and O–H groups in total. The van der Waals surface area contributed by atoms with E-state index >= 15 is 0 Å². The van der Waals surface area contributed by atoms with Gasteiger partial charge in [-0.2, -0.15) is 0 Å². The van der Waals surface area contributed by atoms with Crippen LogP contribution < -0.4 is 5.19 Å². The third-order valence-corrected chi connectivity index (χ3v) is 12.5. The number of hydrogen-bond donors (Lipinski definition) is 0. The molecule has 1 aliphatic rings. The Kier molecular flexibility index (Phi) is 11.5. The molecule has 0 amide bonds. The Morgan fingerprint density at radius 3 is 2.17 bits per heavy atom. The molecule has 8 aromatic rings. The maximum absolute atomic E-state index is 6.32. The van der Waals surface area contributed by atoms with Crippen LogP contribution in [0.3, 0.4) is 0 Å². The Morgan fingerprint density at radius 1 is 0.685 bits per heavy atom. The number of aromatic nitrogens is 2. The van der Waals surface area contributed by atoms with E-state index in [4.69, 9.17) is 4.42 Å². The molecule has 0 spiro atoms. The van der Waals surface area contributed by atoms with Gasteiger partial charge in [0.25, 0.3) is 0 Å². The first-order valence-electron chi connectivity index (χ1n) is 18.8. The van der Waals surface area contributed by atoms with Gasteiger partial charge in [-0.15, -0.1) is 53.6 Å². The average molecular weight is 897 g/mol. The quantitative estimate of drug-likeness (QED) is 0.118. The Labute approximate surface area is 333 Å². The molecule has 271 valence electrons. The molecule has 5 aromatic carbocycles. The second kappa shape index (κ2) is 16.6. The SMILES string of the molecule is C[Si](C)(C)c1ccc(-c2[c-]cccc2)nc1.[Ir].[c-]1c(-c2cc(CC3CCCC3)ccn2)ccc2c1oc1cccc(-c3ccc(-c4ccccc4)cc3)c12. The van der Waals surface area contributed by atoms with Gasteiger partial charge >= 0.3 is 0 Å². The minimum Gasteiger partial charge on any atom is -0.477 e. The summed E-state index contributed by atoms with van der Waals surface area (Å²) in [4.78, 5) is 9.19. The summed E-state index contributed by atoms with van der Waals surface area (Å²) in [6.45, 7) is 7.00. The molecule has 0 saturated heterocycles. The van der Waals surface area contributed by atoms with Crippen LogP contribution in [0.5, 0.6) is 0 Å². The van der Waals surface area contributed by atoms with Crippen molar-refractivity contribution in [3.63, 3.8) is 0 Å². The van der Waals surface area contributed by atoms with Crippen LogP contribution in [0.1, 0.15) is 31.2 Å². The molecule has 1 aliphatic carbocycles. The van der Waals surface area contributed by atoms with E-state index in [-0.39, 0.29) is 20.1 Å². The molecule has 5 heteroatoms. The molecular formula is C49H44IrN2OSi-2. The van der Waals surface area contributed by atoms with Crippen LogP contribution in [0, 0.1) is 18.1 Å². The average Bonchev–Trinajstić information content (AvgIpc) is 3.86. The smallest absolute Gasteiger partial charge is 0.124 e. The Morgan fingerprint density at radius 2 is 1.44 bits per heavy atom. The van der Waals surface area contributed by atoms with Crippen LogP contribution in [0.15, 0.2) is 150 Å². The molecule has 54 heavy (non-hydrogen) atoms. The van der Waals surface area contributed by atoms with Crippen LogP contribution >= 0.6 is 0 Å². The van der Waals surface area contributed by atoms with Crippen LogP contribution in [-0.2, 0) is 26.5 Å². The molecular weight excluding hydrogens is 853 g/mol. The van der Waals surface area contributed by atoms with Crippen LogP contribution in [0.4, 0.5) is 0 Å². The van der Waals surface area contributed by atoms with Gasteiger partial charge in [0.2, 0.25) is 0 Å². The standard InChI is InChI=1S/C35H28NO.C14H16NSi.Ir/c1-2-9-26(10-3-1)27-13-15-28(16-14-27)30-11-6-12-33-35(30)31-18-17-29(23-34(31)37-33)32-22-25(19-20-36-32)21-24-7-4-5-8-24;1-16(2,3)13-9-10-14(15-11-13)12-7-5-4-6-8-12;/h1-3,6,9-20,22,24H,4-5,7-8,21H2;4-7,9-11H,1-3H3;/q2*-1;. The van der Waals surface area contributed by atoms with Gasteiger partial charge in [0.15, 0.2) is 0 Å². The topological polar surface area (TPSA) is 38.9 Å². The second-order valence-electron chi connectivity index (χ2n) is 15.2. The van der Waals surface area contributed by atoms with E-state index in [1.165, 1.54) is 58.7 Å². The van der Waals surface area contributed by atoms with Crippen LogP contribution in [0.2, 0.25) is 19.6 Å². The summed E-state index contributed by atoms with van der Waals surface area (Å²) in [6.07, 6.45) is 10.6. The van der Waals surface area contributed by atoms with Crippen molar-refractivity contribution in [2.24, 2.45) is 5.92 Å². The fraction of sp³-hybridized carbons (Fsp3) is 0.184. The number of benzene rings is 5. The van der Waals surface area contributed by atoms with Crippen LogP contribution in [-0.4, -0.2) is 18.0 Å². The number of furan rings is 1. The van der Waals surface area contributed by atoms with Gasteiger partial charge in [-0.1, -0.05) is 147 Å². The van der Waals surface area contributed by atoms with E-state index in [9.17, 15) is 0 Å². The van der Waals surface area contributed by atoms with Crippen molar-refractivity contribution in [2.45, 2.75) is 51.7 Å². The molecule has 0 atom stereocenters. The predicted molar refractivity (Wildman–Crippen MR) is 224 cm³/mol. The van der Waals surface area contributed by atoms with Crippen molar-refractivity contribution in [3.05, 3.63) is 164 Å². The first-order valence-corrected chi connectivity index (χ1v) is 22.3. The molecule has 1 radical (unpaired) electrons. The van der Waals surface area contributed by atoms with Gasteiger partial charge in [-0.3, -0.25) is 0 Å². The van der Waals surface area contributed by atoms with Gasteiger partial charge in [0.1, 0.15) is 5.58 Å². The molecule has 0 aliphatic heterocycles. The zero-order valence-electron chi connectivity index (χ0n) is 31.1. The van der Waals surface area contributed by atoms with Crippen LogP contribution in [0.25, 0.3) is 66.7 Å². The maximum atomic E-state index is 6.32. The molecule has 1 fully saturated rings. The Balaban J connectivity index is 0.000000223. The van der Waals surface area contributed by atoms with E-state index in [0.29, 0.717) is 0 Å². The number of fused-ring (bicyclic) bond motifs is 3. The summed E-state index contributed by atoms with van der Waals surface area (Å²) in [6, 6.07) is 53.2. The monoisotopic (exact) mass is 897 g/mol. The first-order chi connectivity index (χ1) is 25.9. The minimum atomic E-state index is -1.23. The van der Waals surface area contributed by atoms with E-state index in [1.807, 2.05) is 48.8 Å². The third kappa shape index (κ3) is 8.40. The zero-order valence-corrected chi connectivity index (χ0v) is 34.5. The normalized spacial score (nSPS) is 13.0. The zero-order chi connectivity index (χ0) is 36.2. The summed E-state index contributed by atoms with van der Waals surface area (Å²) in [7, 11) is -1.23. The summed E-state index contributed by atoms with van der Waals surface area (Å²) in [5, 5.41) is 3.62. The van der Waals surface area contributed by atoms with Crippen molar-refractivity contribution in [1.82, 2.24) is 9.97 Å². The van der Waals surface area contributed by atoms with Gasteiger partial charge in [0.05, 0.1) is 13.7 Å². The van der Waals surface area contributed by atoms with Gasteiger partial charge in [0, 0.05) is 32.5 Å². The molecule has 3 heterocycles. The van der Waals surface area contributed by atoms with Crippen molar-refractivity contribution in [3.8, 4) is 44.8 Å². The first kappa shape index (κ1) is 37.4. The fourth-order valence-corrected chi connectivity index (χ4v) is 8.50. The molecule has 3 nitrogen and oxygen atoms in total. The minimum absolute atomic E-state index is 0. The second-order valence-corrected chi connectivity index (χ2v) is 20.3. The van der Waals surface area contributed by atoms with Gasteiger partial charge in [-0.25, -0.2) is 0 Å². The summed E-state index contributed by atoms with van der Waals surface area (Å²) >= 11 is 0. The van der Waals surface area contributed by atoms with Crippen molar-refractivity contribution < 1.29 is 24.5 Å². The molecule has 0 unspecified atom stereocenters. The number of hydrogen-bond acceptors (Lipinski definition) is 3. The summed E-state index contributed by atoms with van der Waals surface area (Å²) < 4.78 is 6.32. The third-order valence-electron chi connectivity index (χ3n) is 10.4. The van der Waals surface area contributed by atoms with E-state index in [1.54, 1.807) is 0 Å². The molecule has 0 bridgehead atoms. The largest absolute Gasteiger partial charge is 0.477 e. The fourth-order valence-electron chi connectivity index (χ4n) is 7.46.